The van der Waals surface area contributed by atoms with Crippen LogP contribution in [0.15, 0.2) is 28.0 Å². The van der Waals surface area contributed by atoms with E-state index >= 15 is 0 Å². The largest absolute Gasteiger partial charge is 0.358 e. The normalized spacial score (nSPS) is 9.70. The summed E-state index contributed by atoms with van der Waals surface area (Å²) in [5, 5.41) is 11.8. The van der Waals surface area contributed by atoms with Crippen molar-refractivity contribution < 1.29 is 4.79 Å². The molecule has 8 heteroatoms. The van der Waals surface area contributed by atoms with E-state index in [1.807, 2.05) is 58.9 Å². The van der Waals surface area contributed by atoms with Crippen LogP contribution in [-0.2, 0) is 0 Å². The molecule has 0 aliphatic carbocycles. The molecule has 0 aliphatic rings. The summed E-state index contributed by atoms with van der Waals surface area (Å²) in [7, 11) is 6.00. The lowest BCUT2D eigenvalue weighted by Crippen LogP contribution is -1.99. The number of anilines is 1. The zero-order valence-electron chi connectivity index (χ0n) is 16.5. The Balaban J connectivity index is 0.000000541. The Morgan fingerprint density at radius 1 is 1.33 bits per heavy atom. The molecule has 0 aliphatic heterocycles. The predicted molar refractivity (Wildman–Crippen MR) is 116 cm³/mol. The van der Waals surface area contributed by atoms with E-state index in [1.165, 1.54) is 23.3 Å². The molecule has 0 saturated carbocycles. The first-order chi connectivity index (χ1) is 13.0. The summed E-state index contributed by atoms with van der Waals surface area (Å²) in [5.41, 5.74) is 3.89. The minimum atomic E-state index is 0.435. The molecule has 0 fully saturated rings. The van der Waals surface area contributed by atoms with Crippen LogP contribution >= 0.6 is 23.3 Å². The highest BCUT2D eigenvalue weighted by atomic mass is 32.2. The Bertz CT molecular complexity index is 906. The number of hydrogen-bond donors (Lipinski definition) is 2. The first-order valence-electron chi connectivity index (χ1n) is 8.41. The molecule has 1 aromatic carbocycles. The van der Waals surface area contributed by atoms with Crippen LogP contribution in [0.5, 0.6) is 0 Å². The van der Waals surface area contributed by atoms with Gasteiger partial charge < -0.3 is 14.6 Å². The fraction of sp³-hybridized carbons (Fsp3) is 0.316. The minimum Gasteiger partial charge on any atom is -0.358 e. The van der Waals surface area contributed by atoms with Crippen LogP contribution in [0.25, 0.3) is 10.9 Å². The van der Waals surface area contributed by atoms with Gasteiger partial charge in [0.15, 0.2) is 10.6 Å². The van der Waals surface area contributed by atoms with E-state index < -0.39 is 0 Å². The lowest BCUT2D eigenvalue weighted by atomic mass is 10.1. The van der Waals surface area contributed by atoms with Crippen molar-refractivity contribution in [2.75, 3.05) is 25.9 Å². The van der Waals surface area contributed by atoms with Crippen LogP contribution in [0, 0.1) is 18.3 Å². The maximum absolute atomic E-state index is 10.6. The smallest absolute Gasteiger partial charge is 0.171 e. The highest BCUT2D eigenvalue weighted by Gasteiger charge is 2.11. The molecule has 0 spiro atoms. The standard InChI is InChI=1S/C14H10N4OS2.C3H9N.C2H6/c1-8-2-3-11(13-12(8)9(4-15)5-16-13)18-21-14-17-10(6-19)7-20-14;1-4(2)3;1-2/h2-3,5-7,16,18H,1H3;1-3H3;1-2H3. The van der Waals surface area contributed by atoms with Crippen LogP contribution in [-0.4, -0.2) is 42.3 Å². The molecule has 144 valence electrons. The molecule has 0 atom stereocenters. The van der Waals surface area contributed by atoms with Gasteiger partial charge in [-0.05, 0) is 39.7 Å². The van der Waals surface area contributed by atoms with Gasteiger partial charge in [-0.15, -0.1) is 11.3 Å². The SMILES string of the molecule is CC.CN(C)C.Cc1ccc(NSc2nc(C=O)cs2)c2[nH]cc(C#N)c12. The van der Waals surface area contributed by atoms with Crippen LogP contribution < -0.4 is 4.72 Å². The number of carbonyl (C=O) groups excluding carboxylic acids is 1. The number of aryl methyl sites for hydroxylation is 1. The lowest BCUT2D eigenvalue weighted by molar-refractivity contribution is 0.111. The van der Waals surface area contributed by atoms with Gasteiger partial charge in [0.2, 0.25) is 0 Å². The average Bonchev–Trinajstić information content (AvgIpc) is 3.29. The molecule has 0 amide bonds. The Labute approximate surface area is 168 Å². The number of aromatic amines is 1. The third kappa shape index (κ3) is 6.40. The van der Waals surface area contributed by atoms with E-state index in [1.54, 1.807) is 11.6 Å². The second-order valence-electron chi connectivity index (χ2n) is 5.70. The van der Waals surface area contributed by atoms with Gasteiger partial charge >= 0.3 is 0 Å². The van der Waals surface area contributed by atoms with E-state index in [0.29, 0.717) is 11.3 Å². The molecule has 2 N–H and O–H groups in total. The Morgan fingerprint density at radius 2 is 2.00 bits per heavy atom. The molecule has 27 heavy (non-hydrogen) atoms. The zero-order valence-corrected chi connectivity index (χ0v) is 18.1. The molecule has 2 heterocycles. The summed E-state index contributed by atoms with van der Waals surface area (Å²) in [4.78, 5) is 19.9. The van der Waals surface area contributed by atoms with Gasteiger partial charge in [0.05, 0.1) is 16.8 Å². The van der Waals surface area contributed by atoms with Crippen molar-refractivity contribution in [1.82, 2.24) is 14.9 Å². The van der Waals surface area contributed by atoms with Gasteiger partial charge in [0.1, 0.15) is 11.8 Å². The van der Waals surface area contributed by atoms with Crippen LogP contribution in [0.4, 0.5) is 5.69 Å². The fourth-order valence-corrected chi connectivity index (χ4v) is 3.53. The molecular weight excluding hydrogens is 378 g/mol. The summed E-state index contributed by atoms with van der Waals surface area (Å²) < 4.78 is 3.98. The maximum Gasteiger partial charge on any atom is 0.171 e. The Hall–Kier alpha value is -2.34. The number of H-pyrrole nitrogens is 1. The summed E-state index contributed by atoms with van der Waals surface area (Å²) >= 11 is 2.75. The topological polar surface area (TPSA) is 84.8 Å². The van der Waals surface area contributed by atoms with Crippen molar-refractivity contribution in [2.24, 2.45) is 0 Å². The van der Waals surface area contributed by atoms with Gasteiger partial charge in [-0.1, -0.05) is 19.9 Å². The van der Waals surface area contributed by atoms with Gasteiger partial charge in [-0.25, -0.2) is 4.98 Å². The number of nitriles is 1. The van der Waals surface area contributed by atoms with Crippen LogP contribution in [0.2, 0.25) is 0 Å². The highest BCUT2D eigenvalue weighted by Crippen LogP contribution is 2.32. The van der Waals surface area contributed by atoms with Crippen molar-refractivity contribution in [3.05, 3.63) is 40.5 Å². The van der Waals surface area contributed by atoms with Crippen molar-refractivity contribution in [2.45, 2.75) is 25.1 Å². The third-order valence-electron chi connectivity index (χ3n) is 3.03. The van der Waals surface area contributed by atoms with Crippen molar-refractivity contribution in [3.8, 4) is 6.07 Å². The molecule has 3 rings (SSSR count). The third-order valence-corrected chi connectivity index (χ3v) is 4.81. The number of nitrogens with zero attached hydrogens (tertiary/aromatic N) is 3. The predicted octanol–water partition coefficient (Wildman–Crippen LogP) is 4.94. The second-order valence-corrected chi connectivity index (χ2v) is 7.61. The monoisotopic (exact) mass is 403 g/mol. The summed E-state index contributed by atoms with van der Waals surface area (Å²) in [6.45, 7) is 5.98. The number of carbonyl (C=O) groups is 1. The Morgan fingerprint density at radius 3 is 2.56 bits per heavy atom. The van der Waals surface area contributed by atoms with E-state index in [-0.39, 0.29) is 0 Å². The highest BCUT2D eigenvalue weighted by molar-refractivity contribution is 8.02. The summed E-state index contributed by atoms with van der Waals surface area (Å²) in [6, 6.07) is 6.11. The number of hydrogen-bond acceptors (Lipinski definition) is 7. The molecule has 0 bridgehead atoms. The number of fused-ring (bicyclic) bond motifs is 1. The van der Waals surface area contributed by atoms with Gasteiger partial charge in [0.25, 0.3) is 0 Å². The van der Waals surface area contributed by atoms with E-state index in [2.05, 4.69) is 20.8 Å². The molecule has 3 aromatic rings. The number of nitrogens with one attached hydrogen (secondary N) is 2. The van der Waals surface area contributed by atoms with Crippen LogP contribution in [0.1, 0.15) is 35.5 Å². The maximum atomic E-state index is 10.6. The quantitative estimate of drug-likeness (QED) is 0.474. The molecular formula is C19H25N5OS2. The van der Waals surface area contributed by atoms with Crippen molar-refractivity contribution >= 4 is 46.2 Å². The molecule has 0 saturated heterocycles. The lowest BCUT2D eigenvalue weighted by Gasteiger charge is -2.06. The first-order valence-corrected chi connectivity index (χ1v) is 10.1. The number of thiazole rings is 1. The number of aromatic nitrogens is 2. The first kappa shape index (κ1) is 22.7. The van der Waals surface area contributed by atoms with E-state index in [9.17, 15) is 4.79 Å². The minimum absolute atomic E-state index is 0.435. The van der Waals surface area contributed by atoms with E-state index in [4.69, 9.17) is 5.26 Å². The van der Waals surface area contributed by atoms with Crippen molar-refractivity contribution in [3.63, 3.8) is 0 Å². The number of aldehydes is 1. The van der Waals surface area contributed by atoms with E-state index in [0.717, 1.165) is 32.8 Å². The molecule has 2 aromatic heterocycles. The summed E-state index contributed by atoms with van der Waals surface area (Å²) in [6.07, 6.45) is 2.44. The van der Waals surface area contributed by atoms with Gasteiger partial charge in [-0.2, -0.15) is 5.26 Å². The zero-order chi connectivity index (χ0) is 20.4. The Kier molecular flexibility index (Phi) is 9.58. The molecule has 0 radical (unpaired) electrons. The number of benzene rings is 1. The summed E-state index contributed by atoms with van der Waals surface area (Å²) in [5.74, 6) is 0. The average molecular weight is 404 g/mol. The fourth-order valence-electron chi connectivity index (χ4n) is 2.06. The number of rotatable bonds is 4. The second kappa shape index (κ2) is 11.4. The van der Waals surface area contributed by atoms with Crippen LogP contribution in [0.3, 0.4) is 0 Å². The van der Waals surface area contributed by atoms with Gasteiger partial charge in [0, 0.05) is 28.9 Å². The van der Waals surface area contributed by atoms with Crippen molar-refractivity contribution in [1.29, 1.82) is 5.26 Å². The van der Waals surface area contributed by atoms with Gasteiger partial charge in [-0.3, -0.25) is 4.79 Å². The molecule has 6 nitrogen and oxygen atoms in total. The molecule has 0 unspecified atom stereocenters.